The standard InChI is InChI=1S/C12H20N4/c1-10-9-15(2)5-6-16(10)12-3-4-14-11(7-12)8-13/h3-4,7,10H,5-6,8-9,13H2,1-2H3. The molecule has 0 aliphatic carbocycles. The van der Waals surface area contributed by atoms with Crippen LogP contribution in [0.25, 0.3) is 0 Å². The number of anilines is 1. The van der Waals surface area contributed by atoms with Gasteiger partial charge in [0.25, 0.3) is 0 Å². The van der Waals surface area contributed by atoms with E-state index in [1.807, 2.05) is 6.20 Å². The first-order valence-electron chi connectivity index (χ1n) is 5.81. The number of likely N-dealkylation sites (N-methyl/N-ethyl adjacent to an activating group) is 1. The fraction of sp³-hybridized carbons (Fsp3) is 0.583. The fourth-order valence-corrected chi connectivity index (χ4v) is 2.28. The molecule has 0 aromatic carbocycles. The molecule has 2 N–H and O–H groups in total. The van der Waals surface area contributed by atoms with Crippen LogP contribution in [0.2, 0.25) is 0 Å². The maximum atomic E-state index is 5.62. The Labute approximate surface area is 97.1 Å². The molecule has 1 unspecified atom stereocenters. The van der Waals surface area contributed by atoms with Gasteiger partial charge in [0.1, 0.15) is 0 Å². The van der Waals surface area contributed by atoms with Crippen LogP contribution in [-0.4, -0.2) is 42.6 Å². The third kappa shape index (κ3) is 2.33. The number of hydrogen-bond acceptors (Lipinski definition) is 4. The third-order valence-electron chi connectivity index (χ3n) is 3.17. The van der Waals surface area contributed by atoms with Crippen LogP contribution >= 0.6 is 0 Å². The summed E-state index contributed by atoms with van der Waals surface area (Å²) in [5.41, 5.74) is 7.82. The molecule has 1 aromatic rings. The predicted octanol–water partition coefficient (Wildman–Crippen LogP) is 0.681. The zero-order valence-corrected chi connectivity index (χ0v) is 10.1. The Morgan fingerprint density at radius 3 is 3.00 bits per heavy atom. The molecule has 0 spiro atoms. The second-order valence-corrected chi connectivity index (χ2v) is 4.51. The smallest absolute Gasteiger partial charge is 0.0560 e. The Morgan fingerprint density at radius 1 is 1.50 bits per heavy atom. The molecule has 1 aromatic heterocycles. The number of piperazine rings is 1. The van der Waals surface area contributed by atoms with E-state index in [1.54, 1.807) is 0 Å². The summed E-state index contributed by atoms with van der Waals surface area (Å²) in [7, 11) is 2.17. The molecule has 1 fully saturated rings. The number of pyridine rings is 1. The van der Waals surface area contributed by atoms with E-state index in [2.05, 4.69) is 40.9 Å². The van der Waals surface area contributed by atoms with Crippen LogP contribution in [-0.2, 0) is 6.54 Å². The number of nitrogens with two attached hydrogens (primary N) is 1. The first-order valence-corrected chi connectivity index (χ1v) is 5.81. The van der Waals surface area contributed by atoms with Crippen molar-refractivity contribution in [2.45, 2.75) is 19.5 Å². The van der Waals surface area contributed by atoms with Gasteiger partial charge in [0.2, 0.25) is 0 Å². The molecule has 16 heavy (non-hydrogen) atoms. The van der Waals surface area contributed by atoms with Gasteiger partial charge in [-0.05, 0) is 26.1 Å². The van der Waals surface area contributed by atoms with E-state index in [0.29, 0.717) is 12.6 Å². The number of hydrogen-bond donors (Lipinski definition) is 1. The summed E-state index contributed by atoms with van der Waals surface area (Å²) < 4.78 is 0. The predicted molar refractivity (Wildman–Crippen MR) is 66.4 cm³/mol. The third-order valence-corrected chi connectivity index (χ3v) is 3.17. The highest BCUT2D eigenvalue weighted by molar-refractivity contribution is 5.48. The number of nitrogens with zero attached hydrogens (tertiary/aromatic N) is 3. The lowest BCUT2D eigenvalue weighted by atomic mass is 10.1. The van der Waals surface area contributed by atoms with Gasteiger partial charge in [-0.15, -0.1) is 0 Å². The van der Waals surface area contributed by atoms with Crippen molar-refractivity contribution in [3.05, 3.63) is 24.0 Å². The van der Waals surface area contributed by atoms with Gasteiger partial charge in [0.15, 0.2) is 0 Å². The maximum Gasteiger partial charge on any atom is 0.0560 e. The van der Waals surface area contributed by atoms with Crippen LogP contribution in [0.5, 0.6) is 0 Å². The Balaban J connectivity index is 2.16. The Kier molecular flexibility index (Phi) is 3.41. The lowest BCUT2D eigenvalue weighted by Gasteiger charge is -2.39. The van der Waals surface area contributed by atoms with Crippen molar-refractivity contribution in [2.75, 3.05) is 31.6 Å². The zero-order valence-electron chi connectivity index (χ0n) is 10.1. The van der Waals surface area contributed by atoms with Gasteiger partial charge in [-0.25, -0.2) is 0 Å². The van der Waals surface area contributed by atoms with Gasteiger partial charge in [-0.3, -0.25) is 4.98 Å². The Hall–Kier alpha value is -1.13. The molecule has 4 nitrogen and oxygen atoms in total. The van der Waals surface area contributed by atoms with Gasteiger partial charge in [-0.2, -0.15) is 0 Å². The molecule has 88 valence electrons. The van der Waals surface area contributed by atoms with Crippen molar-refractivity contribution < 1.29 is 0 Å². The quantitative estimate of drug-likeness (QED) is 0.796. The molecule has 1 atom stereocenters. The zero-order chi connectivity index (χ0) is 11.5. The molecular formula is C12H20N4. The fourth-order valence-electron chi connectivity index (χ4n) is 2.28. The minimum Gasteiger partial charge on any atom is -0.366 e. The Morgan fingerprint density at radius 2 is 2.31 bits per heavy atom. The molecule has 2 rings (SSSR count). The molecule has 1 aliphatic heterocycles. The highest BCUT2D eigenvalue weighted by atomic mass is 15.3. The van der Waals surface area contributed by atoms with Crippen molar-refractivity contribution in [3.8, 4) is 0 Å². The van der Waals surface area contributed by atoms with Crippen molar-refractivity contribution in [1.82, 2.24) is 9.88 Å². The molecule has 0 saturated carbocycles. The van der Waals surface area contributed by atoms with E-state index in [9.17, 15) is 0 Å². The molecule has 0 radical (unpaired) electrons. The van der Waals surface area contributed by atoms with Gasteiger partial charge in [-0.1, -0.05) is 0 Å². The molecule has 0 bridgehead atoms. The van der Waals surface area contributed by atoms with E-state index in [1.165, 1.54) is 5.69 Å². The first-order chi connectivity index (χ1) is 7.70. The van der Waals surface area contributed by atoms with Crippen LogP contribution in [0.1, 0.15) is 12.6 Å². The van der Waals surface area contributed by atoms with Crippen molar-refractivity contribution in [2.24, 2.45) is 5.73 Å². The summed E-state index contributed by atoms with van der Waals surface area (Å²) in [4.78, 5) is 9.03. The van der Waals surface area contributed by atoms with E-state index < -0.39 is 0 Å². The first kappa shape index (κ1) is 11.4. The average molecular weight is 220 g/mol. The molecule has 1 aliphatic rings. The minimum absolute atomic E-state index is 0.510. The van der Waals surface area contributed by atoms with E-state index in [-0.39, 0.29) is 0 Å². The van der Waals surface area contributed by atoms with Crippen LogP contribution in [0.15, 0.2) is 18.3 Å². The second kappa shape index (κ2) is 4.80. The van der Waals surface area contributed by atoms with Crippen LogP contribution in [0, 0.1) is 0 Å². The van der Waals surface area contributed by atoms with Crippen LogP contribution in [0.3, 0.4) is 0 Å². The summed E-state index contributed by atoms with van der Waals surface area (Å²) >= 11 is 0. The lowest BCUT2D eigenvalue weighted by Crippen LogP contribution is -2.50. The van der Waals surface area contributed by atoms with Gasteiger partial charge in [0.05, 0.1) is 5.69 Å². The number of rotatable bonds is 2. The molecule has 2 heterocycles. The van der Waals surface area contributed by atoms with E-state index in [4.69, 9.17) is 5.73 Å². The molecule has 1 saturated heterocycles. The largest absolute Gasteiger partial charge is 0.366 e. The summed E-state index contributed by atoms with van der Waals surface area (Å²) in [6.07, 6.45) is 1.85. The van der Waals surface area contributed by atoms with Gasteiger partial charge in [0, 0.05) is 44.1 Å². The van der Waals surface area contributed by atoms with Crippen LogP contribution in [0.4, 0.5) is 5.69 Å². The Bertz CT molecular complexity index is 353. The molecule has 0 amide bonds. The number of aromatic nitrogens is 1. The topological polar surface area (TPSA) is 45.4 Å². The normalized spacial score (nSPS) is 22.4. The van der Waals surface area contributed by atoms with E-state index in [0.717, 1.165) is 25.3 Å². The summed E-state index contributed by atoms with van der Waals surface area (Å²) in [5.74, 6) is 0. The lowest BCUT2D eigenvalue weighted by molar-refractivity contribution is 0.275. The van der Waals surface area contributed by atoms with Crippen molar-refractivity contribution in [3.63, 3.8) is 0 Å². The molecule has 4 heteroatoms. The minimum atomic E-state index is 0.510. The SMILES string of the molecule is CC1CN(C)CCN1c1ccnc(CN)c1. The second-order valence-electron chi connectivity index (χ2n) is 4.51. The summed E-state index contributed by atoms with van der Waals surface area (Å²) in [5, 5.41) is 0. The van der Waals surface area contributed by atoms with Crippen LogP contribution < -0.4 is 10.6 Å². The van der Waals surface area contributed by atoms with E-state index >= 15 is 0 Å². The highest BCUT2D eigenvalue weighted by Crippen LogP contribution is 2.20. The van der Waals surface area contributed by atoms with Gasteiger partial charge < -0.3 is 15.5 Å². The van der Waals surface area contributed by atoms with Gasteiger partial charge >= 0.3 is 0 Å². The summed E-state index contributed by atoms with van der Waals surface area (Å²) in [6.45, 7) is 6.07. The summed E-state index contributed by atoms with van der Waals surface area (Å²) in [6, 6.07) is 4.72. The molecular weight excluding hydrogens is 200 g/mol. The maximum absolute atomic E-state index is 5.62. The highest BCUT2D eigenvalue weighted by Gasteiger charge is 2.21. The van der Waals surface area contributed by atoms with Crippen molar-refractivity contribution >= 4 is 5.69 Å². The average Bonchev–Trinajstić information content (AvgIpc) is 2.29. The van der Waals surface area contributed by atoms with Crippen molar-refractivity contribution in [1.29, 1.82) is 0 Å². The monoisotopic (exact) mass is 220 g/mol.